The molecule has 1 saturated heterocycles. The van der Waals surface area contributed by atoms with Crippen LogP contribution in [0.4, 0.5) is 0 Å². The van der Waals surface area contributed by atoms with Crippen LogP contribution in [-0.2, 0) is 0 Å². The van der Waals surface area contributed by atoms with Crippen molar-refractivity contribution in [3.8, 4) is 0 Å². The average Bonchev–Trinajstić information content (AvgIpc) is 2.48. The Morgan fingerprint density at radius 1 is 1.15 bits per heavy atom. The number of rotatable bonds is 6. The highest BCUT2D eigenvalue weighted by atomic mass is 32.2. The zero-order valence-electron chi connectivity index (χ0n) is 13.8. The first-order chi connectivity index (χ1) is 9.64. The van der Waals surface area contributed by atoms with Gasteiger partial charge in [-0.3, -0.25) is 4.90 Å². The second-order valence-electron chi connectivity index (χ2n) is 7.02. The van der Waals surface area contributed by atoms with Crippen LogP contribution in [0.15, 0.2) is 0 Å². The van der Waals surface area contributed by atoms with Crippen molar-refractivity contribution in [2.75, 3.05) is 31.1 Å². The van der Waals surface area contributed by atoms with E-state index in [1.807, 2.05) is 0 Å². The minimum Gasteiger partial charge on any atom is -0.308 e. The third-order valence-corrected chi connectivity index (χ3v) is 6.58. The first kappa shape index (κ1) is 16.6. The summed E-state index contributed by atoms with van der Waals surface area (Å²) in [7, 11) is 0. The fourth-order valence-electron chi connectivity index (χ4n) is 3.86. The minimum atomic E-state index is 0.375. The first-order valence-electron chi connectivity index (χ1n) is 8.72. The van der Waals surface area contributed by atoms with E-state index in [1.165, 1.54) is 76.1 Å². The lowest BCUT2D eigenvalue weighted by Gasteiger charge is -2.54. The molecular weight excluding hydrogens is 264 g/mol. The molecule has 1 aliphatic heterocycles. The number of nitrogens with one attached hydrogen (secondary N) is 1. The Morgan fingerprint density at radius 3 is 2.55 bits per heavy atom. The van der Waals surface area contributed by atoms with Crippen LogP contribution < -0.4 is 5.32 Å². The van der Waals surface area contributed by atoms with Crippen molar-refractivity contribution in [2.24, 2.45) is 0 Å². The predicted octanol–water partition coefficient (Wildman–Crippen LogP) is 3.91. The zero-order valence-corrected chi connectivity index (χ0v) is 14.7. The Labute approximate surface area is 130 Å². The molecule has 1 saturated carbocycles. The molecule has 118 valence electrons. The molecule has 1 atom stereocenters. The zero-order chi connectivity index (χ0) is 14.5. The molecule has 2 rings (SSSR count). The molecule has 1 aliphatic carbocycles. The number of nitrogens with zero attached hydrogens (tertiary/aromatic N) is 1. The molecule has 2 fully saturated rings. The highest BCUT2D eigenvalue weighted by Gasteiger charge is 2.44. The van der Waals surface area contributed by atoms with Crippen LogP contribution in [0, 0.1) is 0 Å². The lowest BCUT2D eigenvalue weighted by atomic mass is 9.77. The summed E-state index contributed by atoms with van der Waals surface area (Å²) in [6.07, 6.45) is 9.70. The van der Waals surface area contributed by atoms with Crippen molar-refractivity contribution in [3.05, 3.63) is 0 Å². The average molecular weight is 299 g/mol. The van der Waals surface area contributed by atoms with Gasteiger partial charge in [-0.1, -0.05) is 33.1 Å². The highest BCUT2D eigenvalue weighted by Crippen LogP contribution is 2.35. The van der Waals surface area contributed by atoms with Crippen LogP contribution in [-0.4, -0.2) is 47.1 Å². The fourth-order valence-corrected chi connectivity index (χ4v) is 4.49. The van der Waals surface area contributed by atoms with E-state index in [0.717, 1.165) is 0 Å². The van der Waals surface area contributed by atoms with E-state index in [0.29, 0.717) is 11.1 Å². The summed E-state index contributed by atoms with van der Waals surface area (Å²) >= 11 is 2.09. The van der Waals surface area contributed by atoms with E-state index < -0.39 is 0 Å². The number of hydrogen-bond donors (Lipinski definition) is 1. The smallest absolute Gasteiger partial charge is 0.0309 e. The molecule has 2 aliphatic rings. The lowest BCUT2D eigenvalue weighted by molar-refractivity contribution is -0.00104. The van der Waals surface area contributed by atoms with Crippen LogP contribution in [0.25, 0.3) is 0 Å². The molecule has 0 aromatic heterocycles. The predicted molar refractivity (Wildman–Crippen MR) is 91.7 cm³/mol. The minimum absolute atomic E-state index is 0.375. The van der Waals surface area contributed by atoms with Crippen LogP contribution in [0.2, 0.25) is 0 Å². The summed E-state index contributed by atoms with van der Waals surface area (Å²) in [6, 6.07) is 0. The van der Waals surface area contributed by atoms with Crippen molar-refractivity contribution in [3.63, 3.8) is 0 Å². The summed E-state index contributed by atoms with van der Waals surface area (Å²) in [5.74, 6) is 2.59. The van der Waals surface area contributed by atoms with E-state index in [9.17, 15) is 0 Å². The van der Waals surface area contributed by atoms with Crippen molar-refractivity contribution < 1.29 is 0 Å². The molecule has 1 heterocycles. The van der Waals surface area contributed by atoms with E-state index >= 15 is 0 Å². The summed E-state index contributed by atoms with van der Waals surface area (Å²) in [6.45, 7) is 10.8. The van der Waals surface area contributed by atoms with Gasteiger partial charge in [0.15, 0.2) is 0 Å². The number of piperazine rings is 1. The van der Waals surface area contributed by atoms with E-state index in [1.54, 1.807) is 0 Å². The second kappa shape index (κ2) is 7.51. The summed E-state index contributed by atoms with van der Waals surface area (Å²) in [5, 5.41) is 3.96. The van der Waals surface area contributed by atoms with Crippen LogP contribution in [0.1, 0.15) is 65.7 Å². The van der Waals surface area contributed by atoms with Gasteiger partial charge in [-0.25, -0.2) is 0 Å². The van der Waals surface area contributed by atoms with E-state index in [4.69, 9.17) is 0 Å². The maximum atomic E-state index is 3.96. The molecule has 20 heavy (non-hydrogen) atoms. The maximum Gasteiger partial charge on any atom is 0.0309 e. The fraction of sp³-hybridized carbons (Fsp3) is 1.00. The summed E-state index contributed by atoms with van der Waals surface area (Å²) in [4.78, 5) is 2.82. The lowest BCUT2D eigenvalue weighted by Crippen LogP contribution is -2.69. The van der Waals surface area contributed by atoms with Gasteiger partial charge in [0.2, 0.25) is 0 Å². The van der Waals surface area contributed by atoms with Crippen molar-refractivity contribution >= 4 is 11.8 Å². The number of hydrogen-bond acceptors (Lipinski definition) is 3. The molecule has 0 amide bonds. The van der Waals surface area contributed by atoms with Crippen molar-refractivity contribution in [1.82, 2.24) is 10.2 Å². The molecule has 3 heteroatoms. The van der Waals surface area contributed by atoms with Gasteiger partial charge in [0.05, 0.1) is 0 Å². The Hall–Kier alpha value is 0.270. The highest BCUT2D eigenvalue weighted by molar-refractivity contribution is 7.99. The summed E-state index contributed by atoms with van der Waals surface area (Å²) in [5.41, 5.74) is 0.824. The van der Waals surface area contributed by atoms with Crippen molar-refractivity contribution in [2.45, 2.75) is 76.8 Å². The second-order valence-corrected chi connectivity index (χ2v) is 8.41. The largest absolute Gasteiger partial charge is 0.308 e. The third-order valence-electron chi connectivity index (χ3n) is 5.59. The van der Waals surface area contributed by atoms with Crippen LogP contribution >= 0.6 is 11.8 Å². The molecule has 0 aromatic rings. The quantitative estimate of drug-likeness (QED) is 0.749. The Bertz CT molecular complexity index is 289. The molecule has 0 aromatic carbocycles. The molecule has 2 nitrogen and oxygen atoms in total. The molecule has 1 unspecified atom stereocenters. The van der Waals surface area contributed by atoms with Gasteiger partial charge in [0.1, 0.15) is 0 Å². The van der Waals surface area contributed by atoms with Crippen molar-refractivity contribution in [1.29, 1.82) is 0 Å². The molecule has 0 radical (unpaired) electrons. The standard InChI is InChI=1S/C17H34N2S/c1-4-16(3)14-18-17(10-7-6-8-11-17)15-19(16)12-9-13-20-5-2/h18H,4-15H2,1-3H3. The van der Waals surface area contributed by atoms with Crippen LogP contribution in [0.5, 0.6) is 0 Å². The van der Waals surface area contributed by atoms with E-state index in [-0.39, 0.29) is 0 Å². The molecular formula is C17H34N2S. The van der Waals surface area contributed by atoms with Crippen LogP contribution in [0.3, 0.4) is 0 Å². The monoisotopic (exact) mass is 298 g/mol. The van der Waals surface area contributed by atoms with Gasteiger partial charge in [0.25, 0.3) is 0 Å². The summed E-state index contributed by atoms with van der Waals surface area (Å²) < 4.78 is 0. The van der Waals surface area contributed by atoms with Gasteiger partial charge in [-0.15, -0.1) is 0 Å². The van der Waals surface area contributed by atoms with E-state index in [2.05, 4.69) is 42.7 Å². The topological polar surface area (TPSA) is 15.3 Å². The SMILES string of the molecule is CCSCCCN1CC2(CCCCC2)NCC1(C)CC. The van der Waals surface area contributed by atoms with Gasteiger partial charge in [-0.05, 0) is 50.7 Å². The van der Waals surface area contributed by atoms with Gasteiger partial charge in [-0.2, -0.15) is 11.8 Å². The Kier molecular flexibility index (Phi) is 6.25. The van der Waals surface area contributed by atoms with Gasteiger partial charge < -0.3 is 5.32 Å². The molecule has 1 N–H and O–H groups in total. The number of thioether (sulfide) groups is 1. The Balaban J connectivity index is 1.94. The maximum absolute atomic E-state index is 3.96. The first-order valence-corrected chi connectivity index (χ1v) is 9.87. The van der Waals surface area contributed by atoms with Gasteiger partial charge >= 0.3 is 0 Å². The third kappa shape index (κ3) is 3.92. The Morgan fingerprint density at radius 2 is 1.90 bits per heavy atom. The molecule has 0 bridgehead atoms. The molecule has 1 spiro atoms. The normalized spacial score (nSPS) is 30.8. The van der Waals surface area contributed by atoms with Gasteiger partial charge in [0, 0.05) is 24.2 Å².